The third-order valence-corrected chi connectivity index (χ3v) is 5.37. The lowest BCUT2D eigenvalue weighted by molar-refractivity contribution is 0.0974. The molecular weight excluding hydrogens is 380 g/mol. The van der Waals surface area contributed by atoms with E-state index in [9.17, 15) is 14.4 Å². The van der Waals surface area contributed by atoms with Gasteiger partial charge in [-0.15, -0.1) is 0 Å². The van der Waals surface area contributed by atoms with Crippen molar-refractivity contribution < 1.29 is 18.7 Å². The normalized spacial score (nSPS) is 13.6. The maximum Gasteiger partial charge on any atom is 0.340 e. The van der Waals surface area contributed by atoms with Crippen LogP contribution in [0, 0.1) is 6.92 Å². The van der Waals surface area contributed by atoms with E-state index in [1.807, 2.05) is 41.5 Å². The summed E-state index contributed by atoms with van der Waals surface area (Å²) in [4.78, 5) is 39.6. The molecule has 0 aliphatic heterocycles. The summed E-state index contributed by atoms with van der Waals surface area (Å²) in [6, 6.07) is 8.50. The number of ketones is 2. The first-order chi connectivity index (χ1) is 14.0. The Kier molecular flexibility index (Phi) is 4.46. The van der Waals surface area contributed by atoms with E-state index in [-0.39, 0.29) is 39.9 Å². The molecular formula is C25H24O5. The highest BCUT2D eigenvalue weighted by molar-refractivity contribution is 6.32. The van der Waals surface area contributed by atoms with Gasteiger partial charge >= 0.3 is 5.63 Å². The molecule has 0 spiro atoms. The van der Waals surface area contributed by atoms with Crippen LogP contribution in [-0.4, -0.2) is 17.7 Å². The van der Waals surface area contributed by atoms with Gasteiger partial charge in [-0.05, 0) is 49.9 Å². The van der Waals surface area contributed by atoms with Crippen LogP contribution in [0.3, 0.4) is 0 Å². The molecule has 1 heterocycles. The molecule has 30 heavy (non-hydrogen) atoms. The summed E-state index contributed by atoms with van der Waals surface area (Å²) < 4.78 is 11.5. The van der Waals surface area contributed by atoms with Gasteiger partial charge in [-0.3, -0.25) is 9.59 Å². The Morgan fingerprint density at radius 2 is 1.63 bits per heavy atom. The summed E-state index contributed by atoms with van der Waals surface area (Å²) in [5.41, 5.74) is 1.45. The highest BCUT2D eigenvalue weighted by atomic mass is 16.5. The number of ether oxygens (including phenoxy) is 1. The molecule has 1 aromatic heterocycles. The molecule has 2 aromatic carbocycles. The quantitative estimate of drug-likeness (QED) is 0.442. The zero-order chi connectivity index (χ0) is 22.0. The van der Waals surface area contributed by atoms with E-state index < -0.39 is 11.0 Å². The van der Waals surface area contributed by atoms with E-state index in [1.54, 1.807) is 30.3 Å². The fourth-order valence-electron chi connectivity index (χ4n) is 3.94. The third-order valence-electron chi connectivity index (χ3n) is 5.37. The van der Waals surface area contributed by atoms with Gasteiger partial charge in [0.25, 0.3) is 0 Å². The summed E-state index contributed by atoms with van der Waals surface area (Å²) in [5, 5.41) is 0.658. The highest BCUT2D eigenvalue weighted by Crippen LogP contribution is 2.38. The van der Waals surface area contributed by atoms with E-state index in [0.29, 0.717) is 22.3 Å². The van der Waals surface area contributed by atoms with Crippen LogP contribution in [0.1, 0.15) is 77.6 Å². The van der Waals surface area contributed by atoms with E-state index in [0.717, 1.165) is 5.56 Å². The molecule has 0 unspecified atom stereocenters. The summed E-state index contributed by atoms with van der Waals surface area (Å²) in [5.74, 6) is -0.289. The molecule has 0 fully saturated rings. The van der Waals surface area contributed by atoms with Gasteiger partial charge in [0.05, 0.1) is 17.2 Å². The predicted molar refractivity (Wildman–Crippen MR) is 115 cm³/mol. The Labute approximate surface area is 174 Å². The first kappa shape index (κ1) is 20.1. The van der Waals surface area contributed by atoms with E-state index >= 15 is 0 Å². The first-order valence-electron chi connectivity index (χ1n) is 10.0. The van der Waals surface area contributed by atoms with Gasteiger partial charge in [-0.1, -0.05) is 32.9 Å². The van der Waals surface area contributed by atoms with Crippen LogP contribution in [0.5, 0.6) is 5.75 Å². The van der Waals surface area contributed by atoms with Crippen molar-refractivity contribution in [1.82, 2.24) is 0 Å². The average molecular weight is 404 g/mol. The molecule has 1 aliphatic carbocycles. The molecule has 4 rings (SSSR count). The Hall–Kier alpha value is -3.21. The molecule has 0 saturated heterocycles. The van der Waals surface area contributed by atoms with Gasteiger partial charge in [0, 0.05) is 22.1 Å². The van der Waals surface area contributed by atoms with Gasteiger partial charge in [-0.25, -0.2) is 4.79 Å². The summed E-state index contributed by atoms with van der Waals surface area (Å²) in [6.07, 6.45) is -0.164. The molecule has 5 heteroatoms. The Morgan fingerprint density at radius 3 is 2.27 bits per heavy atom. The monoisotopic (exact) mass is 404 g/mol. The summed E-state index contributed by atoms with van der Waals surface area (Å²) in [6.45, 7) is 11.3. The Morgan fingerprint density at radius 1 is 0.933 bits per heavy atom. The van der Waals surface area contributed by atoms with Gasteiger partial charge in [-0.2, -0.15) is 0 Å². The zero-order valence-corrected chi connectivity index (χ0v) is 18.0. The number of fused-ring (bicyclic) bond motifs is 4. The van der Waals surface area contributed by atoms with Crippen LogP contribution in [0.2, 0.25) is 0 Å². The molecule has 3 aromatic rings. The average Bonchev–Trinajstić information content (AvgIpc) is 2.64. The second-order valence-corrected chi connectivity index (χ2v) is 9.06. The molecule has 0 N–H and O–H groups in total. The second-order valence-electron chi connectivity index (χ2n) is 9.06. The van der Waals surface area contributed by atoms with Crippen molar-refractivity contribution in [1.29, 1.82) is 0 Å². The van der Waals surface area contributed by atoms with Crippen molar-refractivity contribution in [2.45, 2.75) is 53.1 Å². The van der Waals surface area contributed by atoms with Crippen molar-refractivity contribution in [3.63, 3.8) is 0 Å². The van der Waals surface area contributed by atoms with Gasteiger partial charge in [0.2, 0.25) is 5.78 Å². The lowest BCUT2D eigenvalue weighted by Gasteiger charge is -2.23. The van der Waals surface area contributed by atoms with Gasteiger partial charge < -0.3 is 9.15 Å². The molecule has 0 amide bonds. The van der Waals surface area contributed by atoms with E-state index in [2.05, 4.69) is 0 Å². The van der Waals surface area contributed by atoms with Gasteiger partial charge in [0.1, 0.15) is 5.75 Å². The number of aryl methyl sites for hydroxylation is 1. The van der Waals surface area contributed by atoms with E-state index in [1.165, 1.54) is 0 Å². The number of rotatable bonds is 2. The zero-order valence-electron chi connectivity index (χ0n) is 18.0. The number of carbonyl (C=O) groups is 2. The fourth-order valence-corrected chi connectivity index (χ4v) is 3.94. The first-order valence-corrected chi connectivity index (χ1v) is 10.0. The molecule has 0 saturated carbocycles. The molecule has 0 atom stereocenters. The fraction of sp³-hybridized carbons (Fsp3) is 0.320. The lowest BCUT2D eigenvalue weighted by Crippen LogP contribution is -2.25. The van der Waals surface area contributed by atoms with Crippen molar-refractivity contribution in [2.75, 3.05) is 0 Å². The molecule has 154 valence electrons. The maximum atomic E-state index is 13.6. The SMILES string of the molecule is Cc1cc2c(c3oc(=O)c(C(C)(C)C)cc13)C(=O)c1c(OC(C)C)cccc1C2=O. The highest BCUT2D eigenvalue weighted by Gasteiger charge is 2.36. The van der Waals surface area contributed by atoms with E-state index in [4.69, 9.17) is 9.15 Å². The smallest absolute Gasteiger partial charge is 0.340 e. The molecule has 1 aliphatic rings. The minimum absolute atomic E-state index is 0.130. The van der Waals surface area contributed by atoms with Crippen molar-refractivity contribution in [2.24, 2.45) is 0 Å². The van der Waals surface area contributed by atoms with Crippen LogP contribution < -0.4 is 10.4 Å². The third kappa shape index (κ3) is 2.96. The van der Waals surface area contributed by atoms with Gasteiger partial charge in [0.15, 0.2) is 11.4 Å². The lowest BCUT2D eigenvalue weighted by atomic mass is 9.81. The number of hydrogen-bond donors (Lipinski definition) is 0. The van der Waals surface area contributed by atoms with Crippen LogP contribution in [0.4, 0.5) is 0 Å². The standard InChI is InChI=1S/C25H24O5/c1-12(2)29-18-9-7-8-14-19(18)22(27)20-16(21(14)26)10-13(3)15-11-17(25(4,5)6)24(28)30-23(15)20/h7-12H,1-6H3. The minimum atomic E-state index is -0.499. The largest absolute Gasteiger partial charge is 0.490 e. The van der Waals surface area contributed by atoms with Crippen LogP contribution in [0.25, 0.3) is 11.0 Å². The van der Waals surface area contributed by atoms with Crippen LogP contribution in [-0.2, 0) is 5.41 Å². The molecule has 0 radical (unpaired) electrons. The number of hydrogen-bond acceptors (Lipinski definition) is 5. The van der Waals surface area contributed by atoms with Crippen molar-refractivity contribution in [3.05, 3.63) is 74.1 Å². The van der Waals surface area contributed by atoms with Crippen molar-refractivity contribution in [3.8, 4) is 5.75 Å². The number of carbonyl (C=O) groups excluding carboxylic acids is 2. The van der Waals surface area contributed by atoms with Crippen LogP contribution in [0.15, 0.2) is 39.5 Å². The topological polar surface area (TPSA) is 73.6 Å². The maximum absolute atomic E-state index is 13.6. The molecule has 5 nitrogen and oxygen atoms in total. The molecule has 0 bridgehead atoms. The summed E-state index contributed by atoms with van der Waals surface area (Å²) >= 11 is 0. The Bertz CT molecular complexity index is 1290. The number of benzene rings is 2. The Balaban J connectivity index is 2.07. The van der Waals surface area contributed by atoms with Crippen LogP contribution >= 0.6 is 0 Å². The van der Waals surface area contributed by atoms with Crippen molar-refractivity contribution >= 4 is 22.5 Å². The summed E-state index contributed by atoms with van der Waals surface area (Å²) in [7, 11) is 0. The minimum Gasteiger partial charge on any atom is -0.490 e. The second kappa shape index (κ2) is 6.66. The predicted octanol–water partition coefficient (Wildman–Crippen LogP) is 4.96.